The van der Waals surface area contributed by atoms with Crippen LogP contribution >= 0.6 is 11.8 Å². The summed E-state index contributed by atoms with van der Waals surface area (Å²) in [4.78, 5) is 26.4. The Morgan fingerprint density at radius 2 is 1.46 bits per heavy atom. The van der Waals surface area contributed by atoms with E-state index in [1.807, 2.05) is 56.3 Å². The van der Waals surface area contributed by atoms with E-state index in [1.165, 1.54) is 11.8 Å². The summed E-state index contributed by atoms with van der Waals surface area (Å²) in [7, 11) is 0. The van der Waals surface area contributed by atoms with Crippen molar-refractivity contribution in [2.75, 3.05) is 29.6 Å². The fraction of sp³-hybridized carbons (Fsp3) is 0.219. The van der Waals surface area contributed by atoms with Gasteiger partial charge in [0.1, 0.15) is 11.5 Å². The third-order valence-electron chi connectivity index (χ3n) is 6.24. The summed E-state index contributed by atoms with van der Waals surface area (Å²) in [5.41, 5.74) is 3.45. The first kappa shape index (κ1) is 29.3. The number of hydrogen-bond donors (Lipinski definition) is 3. The number of rotatable bonds is 11. The van der Waals surface area contributed by atoms with Crippen molar-refractivity contribution in [1.82, 2.24) is 5.32 Å². The van der Waals surface area contributed by atoms with Crippen molar-refractivity contribution in [3.05, 3.63) is 106 Å². The van der Waals surface area contributed by atoms with Crippen molar-refractivity contribution in [2.24, 2.45) is 0 Å². The number of para-hydroxylation sites is 1. The van der Waals surface area contributed by atoms with E-state index in [2.05, 4.69) is 22.0 Å². The molecule has 0 aliphatic carbocycles. The highest BCUT2D eigenvalue weighted by Gasteiger charge is 2.35. The van der Waals surface area contributed by atoms with Crippen molar-refractivity contribution < 1.29 is 19.1 Å². The summed E-state index contributed by atoms with van der Waals surface area (Å²) in [6.07, 6.45) is 0. The lowest BCUT2D eigenvalue weighted by atomic mass is 9.82. The molecule has 3 N–H and O–H groups in total. The lowest BCUT2D eigenvalue weighted by Crippen LogP contribution is -2.31. The molecule has 41 heavy (non-hydrogen) atoms. The summed E-state index contributed by atoms with van der Waals surface area (Å²) in [6, 6.07) is 26.0. The van der Waals surface area contributed by atoms with E-state index >= 15 is 0 Å². The molecule has 3 aromatic carbocycles. The average molecular weight is 569 g/mol. The zero-order chi connectivity index (χ0) is 29.2. The van der Waals surface area contributed by atoms with Gasteiger partial charge in [0.05, 0.1) is 41.6 Å². The van der Waals surface area contributed by atoms with Gasteiger partial charge in [0.2, 0.25) is 5.91 Å². The molecule has 8 nitrogen and oxygen atoms in total. The van der Waals surface area contributed by atoms with Crippen LogP contribution in [0.4, 0.5) is 11.4 Å². The lowest BCUT2D eigenvalue weighted by Gasteiger charge is -2.30. The molecule has 0 bridgehead atoms. The minimum Gasteiger partial charge on any atom is -0.494 e. The summed E-state index contributed by atoms with van der Waals surface area (Å²) >= 11 is 1.22. The molecule has 0 spiro atoms. The molecule has 1 aliphatic rings. The van der Waals surface area contributed by atoms with Gasteiger partial charge in [0, 0.05) is 22.6 Å². The predicted octanol–water partition coefficient (Wildman–Crippen LogP) is 6.19. The van der Waals surface area contributed by atoms with Crippen LogP contribution in [-0.2, 0) is 9.59 Å². The Morgan fingerprint density at radius 3 is 2.05 bits per heavy atom. The maximum Gasteiger partial charge on any atom is 0.254 e. The highest BCUT2D eigenvalue weighted by atomic mass is 32.2. The molecule has 0 unspecified atom stereocenters. The first-order valence-electron chi connectivity index (χ1n) is 13.3. The molecular formula is C32H32N4O4S. The zero-order valence-corrected chi connectivity index (χ0v) is 24.0. The molecule has 4 rings (SSSR count). The second kappa shape index (κ2) is 14.1. The second-order valence-electron chi connectivity index (χ2n) is 9.07. The summed E-state index contributed by atoms with van der Waals surface area (Å²) in [6.45, 7) is 6.71. The number of thioether (sulfide) groups is 1. The van der Waals surface area contributed by atoms with E-state index in [9.17, 15) is 14.9 Å². The van der Waals surface area contributed by atoms with Gasteiger partial charge in [-0.15, -0.1) is 0 Å². The first-order chi connectivity index (χ1) is 19.9. The molecule has 0 radical (unpaired) electrons. The van der Waals surface area contributed by atoms with Crippen molar-refractivity contribution in [2.45, 2.75) is 26.7 Å². The number of ether oxygens (including phenoxy) is 2. The van der Waals surface area contributed by atoms with Crippen LogP contribution in [0.2, 0.25) is 0 Å². The fourth-order valence-corrected chi connectivity index (χ4v) is 5.33. The first-order valence-corrected chi connectivity index (χ1v) is 14.3. The number of amides is 2. The Labute approximate surface area is 244 Å². The lowest BCUT2D eigenvalue weighted by molar-refractivity contribution is -0.114. The molecule has 3 aromatic rings. The Bertz CT molecular complexity index is 1480. The standard InChI is InChI=1S/C32H32N4O4S/c1-4-39-25-15-11-22(12-16-25)30-27(19-33)32(34-21(3)29(30)31(38)36-23-9-7-6-8-10-23)41-20-28(37)35-24-13-17-26(18-14-24)40-5-2/h6-18,30,34H,4-5,20H2,1-3H3,(H,35,37)(H,36,38)/t30-/m1/s1. The summed E-state index contributed by atoms with van der Waals surface area (Å²) in [5, 5.41) is 19.9. The van der Waals surface area contributed by atoms with Crippen LogP contribution in [0, 0.1) is 11.3 Å². The Hall–Kier alpha value is -4.68. The number of dihydropyridines is 1. The Balaban J connectivity index is 1.59. The van der Waals surface area contributed by atoms with Gasteiger partial charge < -0.3 is 25.4 Å². The van der Waals surface area contributed by atoms with Crippen LogP contribution in [0.5, 0.6) is 11.5 Å². The van der Waals surface area contributed by atoms with Gasteiger partial charge in [0.25, 0.3) is 5.91 Å². The number of hydrogen-bond acceptors (Lipinski definition) is 7. The maximum atomic E-state index is 13.6. The van der Waals surface area contributed by atoms with Crippen molar-refractivity contribution in [3.63, 3.8) is 0 Å². The molecular weight excluding hydrogens is 536 g/mol. The molecule has 1 aliphatic heterocycles. The highest BCUT2D eigenvalue weighted by molar-refractivity contribution is 8.03. The van der Waals surface area contributed by atoms with Crippen molar-refractivity contribution in [1.29, 1.82) is 5.26 Å². The molecule has 210 valence electrons. The van der Waals surface area contributed by atoms with Crippen LogP contribution in [0.15, 0.2) is 101 Å². The van der Waals surface area contributed by atoms with Gasteiger partial charge >= 0.3 is 0 Å². The second-order valence-corrected chi connectivity index (χ2v) is 10.1. The van der Waals surface area contributed by atoms with E-state index in [-0.39, 0.29) is 17.6 Å². The summed E-state index contributed by atoms with van der Waals surface area (Å²) < 4.78 is 11.0. The third-order valence-corrected chi connectivity index (χ3v) is 7.26. The molecule has 0 aromatic heterocycles. The van der Waals surface area contributed by atoms with E-state index in [0.717, 1.165) is 11.3 Å². The zero-order valence-electron chi connectivity index (χ0n) is 23.2. The van der Waals surface area contributed by atoms with E-state index in [4.69, 9.17) is 9.47 Å². The summed E-state index contributed by atoms with van der Waals surface area (Å²) in [5.74, 6) is 0.310. The number of allylic oxidation sites excluding steroid dienone is 2. The molecule has 0 saturated carbocycles. The fourth-order valence-electron chi connectivity index (χ4n) is 4.44. The number of benzene rings is 3. The molecule has 0 saturated heterocycles. The van der Waals surface area contributed by atoms with Crippen molar-refractivity contribution >= 4 is 35.0 Å². The van der Waals surface area contributed by atoms with E-state index < -0.39 is 5.92 Å². The Kier molecular flexibility index (Phi) is 10.1. The number of nitrogens with zero attached hydrogens (tertiary/aromatic N) is 1. The molecule has 1 atom stereocenters. The monoisotopic (exact) mass is 568 g/mol. The van der Waals surface area contributed by atoms with Crippen molar-refractivity contribution in [3.8, 4) is 17.6 Å². The number of nitrogens with one attached hydrogen (secondary N) is 3. The predicted molar refractivity (Wildman–Crippen MR) is 163 cm³/mol. The van der Waals surface area contributed by atoms with Crippen LogP contribution in [-0.4, -0.2) is 30.8 Å². The van der Waals surface area contributed by atoms with Gasteiger partial charge in [-0.2, -0.15) is 5.26 Å². The highest BCUT2D eigenvalue weighted by Crippen LogP contribution is 2.41. The quantitative estimate of drug-likeness (QED) is 0.253. The number of anilines is 2. The number of carbonyl (C=O) groups is 2. The van der Waals surface area contributed by atoms with Crippen LogP contribution in [0.1, 0.15) is 32.3 Å². The van der Waals surface area contributed by atoms with E-state index in [1.54, 1.807) is 43.3 Å². The molecule has 0 fully saturated rings. The average Bonchev–Trinajstić information content (AvgIpc) is 2.98. The van der Waals surface area contributed by atoms with Gasteiger partial charge in [0.15, 0.2) is 0 Å². The van der Waals surface area contributed by atoms with Crippen LogP contribution in [0.25, 0.3) is 0 Å². The Morgan fingerprint density at radius 1 is 0.878 bits per heavy atom. The SMILES string of the molecule is CCOc1ccc(NC(=O)CSC2=C(C#N)[C@@H](c3ccc(OCC)cc3)C(C(=O)Nc3ccccc3)=C(C)N2)cc1. The number of carbonyl (C=O) groups excluding carboxylic acids is 2. The molecule has 9 heteroatoms. The van der Waals surface area contributed by atoms with Gasteiger partial charge in [-0.1, -0.05) is 42.1 Å². The molecule has 2 amide bonds. The maximum absolute atomic E-state index is 13.6. The third kappa shape index (κ3) is 7.50. The van der Waals surface area contributed by atoms with E-state index in [0.29, 0.717) is 52.2 Å². The van der Waals surface area contributed by atoms with Crippen LogP contribution in [0.3, 0.4) is 0 Å². The largest absolute Gasteiger partial charge is 0.494 e. The smallest absolute Gasteiger partial charge is 0.254 e. The van der Waals surface area contributed by atoms with Gasteiger partial charge in [-0.05, 0) is 74.9 Å². The molecule has 1 heterocycles. The van der Waals surface area contributed by atoms with Gasteiger partial charge in [-0.25, -0.2) is 0 Å². The topological polar surface area (TPSA) is 112 Å². The minimum atomic E-state index is -0.641. The number of nitriles is 1. The van der Waals surface area contributed by atoms with Crippen LogP contribution < -0.4 is 25.4 Å². The van der Waals surface area contributed by atoms with Gasteiger partial charge in [-0.3, -0.25) is 9.59 Å². The minimum absolute atomic E-state index is 0.0650. The normalized spacial score (nSPS) is 14.5.